The second kappa shape index (κ2) is 15.0. The fourth-order valence-electron chi connectivity index (χ4n) is 1.34. The molecule has 8 atom stereocenters. The first kappa shape index (κ1) is 30.8. The summed E-state index contributed by atoms with van der Waals surface area (Å²) in [4.78, 5) is 20.2. The van der Waals surface area contributed by atoms with Crippen molar-refractivity contribution in [2.24, 2.45) is 0 Å². The van der Waals surface area contributed by atoms with Crippen molar-refractivity contribution in [2.45, 2.75) is 48.8 Å². The molecular formula is C12H24CuO14. The Morgan fingerprint density at radius 3 is 0.926 bits per heavy atom. The van der Waals surface area contributed by atoms with Crippen LogP contribution in [0.5, 0.6) is 0 Å². The van der Waals surface area contributed by atoms with E-state index in [1.807, 2.05) is 0 Å². The summed E-state index contributed by atoms with van der Waals surface area (Å²) in [5.41, 5.74) is 0. The standard InChI is InChI=1S/2C6H12O7.Cu/c2*7-1-2(8)3(9)4(10)5(11)6(12)13;/h2*2-5,7-11H,1H2,(H,12,13);. The minimum absolute atomic E-state index is 0. The molecule has 0 spiro atoms. The summed E-state index contributed by atoms with van der Waals surface area (Å²) in [7, 11) is 0. The van der Waals surface area contributed by atoms with E-state index in [4.69, 9.17) is 61.3 Å². The Hall–Kier alpha value is -0.941. The number of carbonyl (C=O) groups is 2. The van der Waals surface area contributed by atoms with Gasteiger partial charge >= 0.3 is 11.9 Å². The molecule has 0 aliphatic heterocycles. The van der Waals surface area contributed by atoms with Gasteiger partial charge in [-0.1, -0.05) is 0 Å². The predicted octanol–water partition coefficient (Wildman–Crippen LogP) is -6.99. The zero-order chi connectivity index (χ0) is 21.2. The number of aliphatic hydroxyl groups excluding tert-OH is 10. The van der Waals surface area contributed by atoms with Gasteiger partial charge < -0.3 is 61.3 Å². The Labute approximate surface area is 162 Å². The normalized spacial score (nSPS) is 19.6. The molecule has 0 aromatic carbocycles. The van der Waals surface area contributed by atoms with Gasteiger partial charge in [0.05, 0.1) is 13.2 Å². The molecule has 167 valence electrons. The summed E-state index contributed by atoms with van der Waals surface area (Å²) < 4.78 is 0. The van der Waals surface area contributed by atoms with Crippen molar-refractivity contribution < 1.29 is 87.9 Å². The maximum atomic E-state index is 10.1. The molecule has 0 saturated carbocycles. The van der Waals surface area contributed by atoms with Crippen LogP contribution in [-0.2, 0) is 26.7 Å². The number of aliphatic hydroxyl groups is 10. The van der Waals surface area contributed by atoms with Gasteiger partial charge in [-0.25, -0.2) is 9.59 Å². The maximum absolute atomic E-state index is 10.1. The zero-order valence-electron chi connectivity index (χ0n) is 13.5. The van der Waals surface area contributed by atoms with Crippen LogP contribution in [0.4, 0.5) is 0 Å². The van der Waals surface area contributed by atoms with E-state index in [0.29, 0.717) is 0 Å². The number of hydrogen-bond acceptors (Lipinski definition) is 12. The van der Waals surface area contributed by atoms with Gasteiger partial charge in [0.2, 0.25) is 0 Å². The summed E-state index contributed by atoms with van der Waals surface area (Å²) in [5, 5.41) is 104. The monoisotopic (exact) mass is 455 g/mol. The number of carboxylic acids is 2. The van der Waals surface area contributed by atoms with E-state index in [0.717, 1.165) is 0 Å². The molecule has 12 N–H and O–H groups in total. The quantitative estimate of drug-likeness (QED) is 0.136. The van der Waals surface area contributed by atoms with Gasteiger partial charge in [0.25, 0.3) is 0 Å². The van der Waals surface area contributed by atoms with E-state index in [1.165, 1.54) is 0 Å². The van der Waals surface area contributed by atoms with Gasteiger partial charge in [-0.2, -0.15) is 0 Å². The third-order valence-electron chi connectivity index (χ3n) is 3.02. The summed E-state index contributed by atoms with van der Waals surface area (Å²) in [6.45, 7) is -1.69. The fraction of sp³-hybridized carbons (Fsp3) is 0.833. The number of hydrogen-bond donors (Lipinski definition) is 12. The van der Waals surface area contributed by atoms with Crippen molar-refractivity contribution in [3.63, 3.8) is 0 Å². The Balaban J connectivity index is -0.000000411. The van der Waals surface area contributed by atoms with Crippen LogP contribution in [0.1, 0.15) is 0 Å². The fourth-order valence-corrected chi connectivity index (χ4v) is 1.34. The molecule has 27 heavy (non-hydrogen) atoms. The van der Waals surface area contributed by atoms with Crippen LogP contribution in [0.3, 0.4) is 0 Å². The first-order chi connectivity index (χ1) is 11.8. The minimum Gasteiger partial charge on any atom is -0.479 e. The molecule has 0 saturated heterocycles. The van der Waals surface area contributed by atoms with Crippen LogP contribution in [0.2, 0.25) is 0 Å². The summed E-state index contributed by atoms with van der Waals surface area (Å²) in [5.74, 6) is -3.45. The van der Waals surface area contributed by atoms with E-state index in [1.54, 1.807) is 0 Å². The van der Waals surface area contributed by atoms with Crippen LogP contribution < -0.4 is 0 Å². The van der Waals surface area contributed by atoms with Crippen LogP contribution >= 0.6 is 0 Å². The predicted molar refractivity (Wildman–Crippen MR) is 77.5 cm³/mol. The Kier molecular flexibility index (Phi) is 17.1. The molecule has 0 aromatic rings. The Morgan fingerprint density at radius 1 is 0.556 bits per heavy atom. The van der Waals surface area contributed by atoms with E-state index in [2.05, 4.69) is 0 Å². The molecule has 0 aromatic heterocycles. The maximum Gasteiger partial charge on any atom is 0.335 e. The van der Waals surface area contributed by atoms with Gasteiger partial charge in [0, 0.05) is 17.1 Å². The summed E-state index contributed by atoms with van der Waals surface area (Å²) in [6, 6.07) is 0. The number of carboxylic acid groups (broad SMARTS) is 2. The van der Waals surface area contributed by atoms with Gasteiger partial charge in [-0.15, -0.1) is 0 Å². The first-order valence-electron chi connectivity index (χ1n) is 6.95. The summed E-state index contributed by atoms with van der Waals surface area (Å²) >= 11 is 0. The summed E-state index contributed by atoms with van der Waals surface area (Å²) in [6.07, 6.45) is -15.7. The molecule has 0 aliphatic rings. The molecule has 8 unspecified atom stereocenters. The molecule has 1 radical (unpaired) electrons. The molecule has 0 aliphatic carbocycles. The molecular weight excluding hydrogens is 432 g/mol. The molecule has 15 heteroatoms. The van der Waals surface area contributed by atoms with E-state index < -0.39 is 74.0 Å². The smallest absolute Gasteiger partial charge is 0.335 e. The van der Waals surface area contributed by atoms with Gasteiger partial charge in [-0.05, 0) is 0 Å². The van der Waals surface area contributed by atoms with E-state index in [-0.39, 0.29) is 17.1 Å². The topological polar surface area (TPSA) is 277 Å². The molecule has 0 amide bonds. The van der Waals surface area contributed by atoms with Crippen molar-refractivity contribution in [1.82, 2.24) is 0 Å². The van der Waals surface area contributed by atoms with E-state index in [9.17, 15) is 9.59 Å². The zero-order valence-corrected chi connectivity index (χ0v) is 14.5. The Bertz CT molecular complexity index is 385. The largest absolute Gasteiger partial charge is 0.479 e. The third-order valence-corrected chi connectivity index (χ3v) is 3.02. The molecule has 0 heterocycles. The van der Waals surface area contributed by atoms with Crippen molar-refractivity contribution in [3.05, 3.63) is 0 Å². The van der Waals surface area contributed by atoms with Crippen LogP contribution in [-0.4, -0.2) is 135 Å². The molecule has 0 rings (SSSR count). The van der Waals surface area contributed by atoms with Crippen LogP contribution in [0.25, 0.3) is 0 Å². The molecule has 14 nitrogen and oxygen atoms in total. The van der Waals surface area contributed by atoms with Crippen molar-refractivity contribution in [3.8, 4) is 0 Å². The van der Waals surface area contributed by atoms with Gasteiger partial charge in [0.1, 0.15) is 36.6 Å². The van der Waals surface area contributed by atoms with Crippen molar-refractivity contribution in [1.29, 1.82) is 0 Å². The Morgan fingerprint density at radius 2 is 0.778 bits per heavy atom. The SMILES string of the molecule is O=C(O)C(O)C(O)C(O)C(O)CO.O=C(O)C(O)C(O)C(O)C(O)CO.[Cu]. The number of aliphatic carboxylic acids is 2. The minimum atomic E-state index is -2.20. The second-order valence-corrected chi connectivity index (χ2v) is 5.03. The molecule has 0 bridgehead atoms. The van der Waals surface area contributed by atoms with Crippen molar-refractivity contribution >= 4 is 11.9 Å². The van der Waals surface area contributed by atoms with Crippen LogP contribution in [0.15, 0.2) is 0 Å². The van der Waals surface area contributed by atoms with Crippen LogP contribution in [0, 0.1) is 0 Å². The van der Waals surface area contributed by atoms with Gasteiger partial charge in [0.15, 0.2) is 12.2 Å². The number of rotatable bonds is 10. The first-order valence-corrected chi connectivity index (χ1v) is 6.95. The average molecular weight is 456 g/mol. The van der Waals surface area contributed by atoms with Crippen molar-refractivity contribution in [2.75, 3.05) is 13.2 Å². The van der Waals surface area contributed by atoms with Gasteiger partial charge in [-0.3, -0.25) is 0 Å². The molecule has 0 fully saturated rings. The second-order valence-electron chi connectivity index (χ2n) is 5.03. The third kappa shape index (κ3) is 10.8. The average Bonchev–Trinajstić information content (AvgIpc) is 2.62. The van der Waals surface area contributed by atoms with E-state index >= 15 is 0 Å².